The van der Waals surface area contributed by atoms with E-state index in [0.717, 1.165) is 39.0 Å². The zero-order chi connectivity index (χ0) is 18.0. The van der Waals surface area contributed by atoms with E-state index in [1.807, 2.05) is 4.90 Å². The highest BCUT2D eigenvalue weighted by Crippen LogP contribution is 2.45. The van der Waals surface area contributed by atoms with Crippen LogP contribution in [0.2, 0.25) is 5.02 Å². The van der Waals surface area contributed by atoms with Gasteiger partial charge in [0.15, 0.2) is 0 Å². The number of likely N-dealkylation sites (tertiary alicyclic amines) is 2. The lowest BCUT2D eigenvalue weighted by molar-refractivity contribution is -0.128. The molecule has 1 aromatic carbocycles. The Morgan fingerprint density at radius 2 is 2.12 bits per heavy atom. The van der Waals surface area contributed by atoms with E-state index in [9.17, 15) is 9.18 Å². The molecule has 2 heterocycles. The van der Waals surface area contributed by atoms with Gasteiger partial charge in [0.2, 0.25) is 5.91 Å². The number of halogens is 2. The third-order valence-corrected chi connectivity index (χ3v) is 6.11. The number of carbonyl (C=O) groups excluding carboxylic acids is 1. The Bertz CT molecular complexity index is 632. The van der Waals surface area contributed by atoms with Gasteiger partial charge in [0.1, 0.15) is 5.82 Å². The van der Waals surface area contributed by atoms with E-state index >= 15 is 0 Å². The maximum Gasteiger partial charge on any atom is 0.219 e. The maximum absolute atomic E-state index is 14.0. The third kappa shape index (κ3) is 3.99. The summed E-state index contributed by atoms with van der Waals surface area (Å²) in [6.45, 7) is 6.30. The molecule has 0 aliphatic carbocycles. The van der Waals surface area contributed by atoms with Crippen LogP contribution in [0, 0.1) is 17.2 Å². The summed E-state index contributed by atoms with van der Waals surface area (Å²) in [7, 11) is 1.72. The fourth-order valence-electron chi connectivity index (χ4n) is 4.33. The van der Waals surface area contributed by atoms with Gasteiger partial charge >= 0.3 is 0 Å². The van der Waals surface area contributed by atoms with Crippen LogP contribution in [0.4, 0.5) is 4.39 Å². The number of ether oxygens (including phenoxy) is 1. The first kappa shape index (κ1) is 18.6. The highest BCUT2D eigenvalue weighted by atomic mass is 35.5. The minimum absolute atomic E-state index is 0.130. The normalized spacial score (nSPS) is 23.4. The van der Waals surface area contributed by atoms with Gasteiger partial charge in [-0.05, 0) is 49.5 Å². The van der Waals surface area contributed by atoms with Crippen molar-refractivity contribution in [2.24, 2.45) is 11.3 Å². The number of rotatable bonds is 4. The van der Waals surface area contributed by atoms with E-state index in [0.29, 0.717) is 29.7 Å². The molecule has 0 aromatic heterocycles. The van der Waals surface area contributed by atoms with Crippen molar-refractivity contribution in [3.63, 3.8) is 0 Å². The molecular formula is C19H26ClFN2O2. The van der Waals surface area contributed by atoms with Crippen molar-refractivity contribution in [2.75, 3.05) is 39.9 Å². The largest absolute Gasteiger partial charge is 0.384 e. The molecule has 1 atom stereocenters. The molecule has 1 amide bonds. The third-order valence-electron chi connectivity index (χ3n) is 5.88. The summed E-state index contributed by atoms with van der Waals surface area (Å²) in [5, 5.41) is 0.568. The molecule has 6 heteroatoms. The number of methoxy groups -OCH3 is 1. The van der Waals surface area contributed by atoms with Crippen molar-refractivity contribution in [1.29, 1.82) is 0 Å². The van der Waals surface area contributed by atoms with Crippen molar-refractivity contribution >= 4 is 17.5 Å². The van der Waals surface area contributed by atoms with Crippen molar-refractivity contribution in [1.82, 2.24) is 9.80 Å². The molecule has 2 aliphatic rings. The summed E-state index contributed by atoms with van der Waals surface area (Å²) in [6, 6.07) is 4.72. The van der Waals surface area contributed by atoms with Crippen LogP contribution in [0.3, 0.4) is 0 Å². The highest BCUT2D eigenvalue weighted by molar-refractivity contribution is 6.30. The van der Waals surface area contributed by atoms with Crippen LogP contribution >= 0.6 is 11.6 Å². The Balaban J connectivity index is 1.65. The number of carbonyl (C=O) groups is 1. The summed E-state index contributed by atoms with van der Waals surface area (Å²) >= 11 is 6.00. The van der Waals surface area contributed by atoms with E-state index in [-0.39, 0.29) is 17.1 Å². The Hall–Kier alpha value is -1.17. The minimum Gasteiger partial charge on any atom is -0.384 e. The second kappa shape index (κ2) is 7.60. The molecule has 3 rings (SSSR count). The zero-order valence-corrected chi connectivity index (χ0v) is 15.7. The Labute approximate surface area is 153 Å². The number of piperidine rings is 1. The van der Waals surface area contributed by atoms with Gasteiger partial charge < -0.3 is 9.64 Å². The van der Waals surface area contributed by atoms with Crippen LogP contribution in [-0.4, -0.2) is 55.6 Å². The minimum atomic E-state index is -0.203. The van der Waals surface area contributed by atoms with E-state index in [2.05, 4.69) is 4.90 Å². The van der Waals surface area contributed by atoms with Crippen LogP contribution in [-0.2, 0) is 16.1 Å². The molecule has 2 fully saturated rings. The average Bonchev–Trinajstić information content (AvgIpc) is 2.92. The smallest absolute Gasteiger partial charge is 0.219 e. The van der Waals surface area contributed by atoms with Gasteiger partial charge in [-0.2, -0.15) is 0 Å². The summed E-state index contributed by atoms with van der Waals surface area (Å²) in [5.74, 6) is 0.318. The van der Waals surface area contributed by atoms with Gasteiger partial charge in [0.25, 0.3) is 0 Å². The van der Waals surface area contributed by atoms with Gasteiger partial charge in [-0.15, -0.1) is 0 Å². The van der Waals surface area contributed by atoms with Crippen LogP contribution in [0.25, 0.3) is 0 Å². The zero-order valence-electron chi connectivity index (χ0n) is 14.9. The molecule has 25 heavy (non-hydrogen) atoms. The quantitative estimate of drug-likeness (QED) is 0.818. The predicted molar refractivity (Wildman–Crippen MR) is 96.0 cm³/mol. The summed E-state index contributed by atoms with van der Waals surface area (Å²) in [4.78, 5) is 16.0. The maximum atomic E-state index is 14.0. The first-order valence-corrected chi connectivity index (χ1v) is 9.22. The number of hydrogen-bond acceptors (Lipinski definition) is 3. The van der Waals surface area contributed by atoms with Crippen molar-refractivity contribution in [3.05, 3.63) is 34.6 Å². The standard InChI is InChI=1S/C19H26ClFN2O2/c1-14(24)23-11-16(12-25-2)19(13-23)5-7-22(8-6-19)10-15-9-17(20)3-4-18(15)21/h3-4,9,16H,5-8,10-13H2,1-2H3. The molecular weight excluding hydrogens is 343 g/mol. The lowest BCUT2D eigenvalue weighted by Gasteiger charge is -2.42. The molecule has 4 nitrogen and oxygen atoms in total. The molecule has 0 N–H and O–H groups in total. The number of benzene rings is 1. The SMILES string of the molecule is COCC1CN(C(C)=O)CC12CCN(Cc1cc(Cl)ccc1F)CC2. The summed E-state index contributed by atoms with van der Waals surface area (Å²) in [6.07, 6.45) is 2.01. The molecule has 0 bridgehead atoms. The molecule has 1 aromatic rings. The first-order valence-electron chi connectivity index (χ1n) is 8.84. The van der Waals surface area contributed by atoms with Gasteiger partial charge in [-0.25, -0.2) is 4.39 Å². The van der Waals surface area contributed by atoms with Crippen LogP contribution in [0.1, 0.15) is 25.3 Å². The highest BCUT2D eigenvalue weighted by Gasteiger charge is 2.48. The average molecular weight is 369 g/mol. The molecule has 2 aliphatic heterocycles. The second-order valence-corrected chi connectivity index (χ2v) is 7.86. The van der Waals surface area contributed by atoms with E-state index < -0.39 is 0 Å². The topological polar surface area (TPSA) is 32.8 Å². The number of hydrogen-bond donors (Lipinski definition) is 0. The molecule has 1 spiro atoms. The van der Waals surface area contributed by atoms with Crippen LogP contribution < -0.4 is 0 Å². The van der Waals surface area contributed by atoms with E-state index in [1.165, 1.54) is 6.07 Å². The fraction of sp³-hybridized carbons (Fsp3) is 0.632. The monoisotopic (exact) mass is 368 g/mol. The predicted octanol–water partition coefficient (Wildman–Crippen LogP) is 3.19. The van der Waals surface area contributed by atoms with Crippen molar-refractivity contribution < 1.29 is 13.9 Å². The Kier molecular flexibility index (Phi) is 5.66. The van der Waals surface area contributed by atoms with E-state index in [1.54, 1.807) is 26.2 Å². The molecule has 1 unspecified atom stereocenters. The Morgan fingerprint density at radius 1 is 1.40 bits per heavy atom. The molecule has 138 valence electrons. The van der Waals surface area contributed by atoms with E-state index in [4.69, 9.17) is 16.3 Å². The van der Waals surface area contributed by atoms with Gasteiger partial charge in [-0.1, -0.05) is 11.6 Å². The van der Waals surface area contributed by atoms with Crippen LogP contribution in [0.5, 0.6) is 0 Å². The Morgan fingerprint density at radius 3 is 2.76 bits per heavy atom. The fourth-order valence-corrected chi connectivity index (χ4v) is 4.53. The molecule has 0 radical (unpaired) electrons. The summed E-state index contributed by atoms with van der Waals surface area (Å²) < 4.78 is 19.4. The van der Waals surface area contributed by atoms with Crippen molar-refractivity contribution in [2.45, 2.75) is 26.3 Å². The van der Waals surface area contributed by atoms with Crippen molar-refractivity contribution in [3.8, 4) is 0 Å². The van der Waals surface area contributed by atoms with Gasteiger partial charge in [0.05, 0.1) is 6.61 Å². The van der Waals surface area contributed by atoms with Gasteiger partial charge in [0, 0.05) is 50.2 Å². The molecule has 0 saturated carbocycles. The number of amides is 1. The summed E-state index contributed by atoms with van der Waals surface area (Å²) in [5.41, 5.74) is 0.777. The van der Waals surface area contributed by atoms with Crippen LogP contribution in [0.15, 0.2) is 18.2 Å². The number of nitrogens with zero attached hydrogens (tertiary/aromatic N) is 2. The lowest BCUT2D eigenvalue weighted by atomic mass is 9.71. The first-order chi connectivity index (χ1) is 11.9. The van der Waals surface area contributed by atoms with Gasteiger partial charge in [-0.3, -0.25) is 9.69 Å². The second-order valence-electron chi connectivity index (χ2n) is 7.43. The lowest BCUT2D eigenvalue weighted by Crippen LogP contribution is -2.45. The molecule has 2 saturated heterocycles.